The number of rotatable bonds is 5. The Balaban J connectivity index is 2.35. The average molecular weight is 358 g/mol. The molecular weight excluding hydrogens is 322 g/mol. The summed E-state index contributed by atoms with van der Waals surface area (Å²) in [6.07, 6.45) is 5.56. The van der Waals surface area contributed by atoms with Gasteiger partial charge in [0.1, 0.15) is 17.7 Å². The highest BCUT2D eigenvalue weighted by atomic mass is 16.5. The fourth-order valence-electron chi connectivity index (χ4n) is 3.59. The minimum Gasteiger partial charge on any atom is -0.462 e. The van der Waals surface area contributed by atoms with Crippen molar-refractivity contribution in [3.05, 3.63) is 52.3 Å². The number of ether oxygens (including phenoxy) is 1. The first-order valence-corrected chi connectivity index (χ1v) is 9.52. The van der Waals surface area contributed by atoms with Crippen LogP contribution in [0.1, 0.15) is 71.1 Å². The van der Waals surface area contributed by atoms with E-state index in [1.807, 2.05) is 26.0 Å². The lowest BCUT2D eigenvalue weighted by molar-refractivity contribution is 0.183. The summed E-state index contributed by atoms with van der Waals surface area (Å²) in [7, 11) is 1.73. The van der Waals surface area contributed by atoms with Crippen molar-refractivity contribution in [1.29, 1.82) is 0 Å². The second-order valence-electron chi connectivity index (χ2n) is 8.91. The van der Waals surface area contributed by atoms with E-state index in [9.17, 15) is 5.11 Å². The Kier molecular flexibility index (Phi) is 6.04. The summed E-state index contributed by atoms with van der Waals surface area (Å²) in [5, 5.41) is 12.6. The van der Waals surface area contributed by atoms with Gasteiger partial charge in [0.05, 0.1) is 0 Å². The van der Waals surface area contributed by atoms with Crippen LogP contribution in [0.2, 0.25) is 0 Å². The Labute approximate surface area is 159 Å². The smallest absolute Gasteiger partial charge is 0.130 e. The van der Waals surface area contributed by atoms with Gasteiger partial charge in [0.25, 0.3) is 0 Å². The van der Waals surface area contributed by atoms with Gasteiger partial charge in [-0.15, -0.1) is 0 Å². The molecule has 0 radical (unpaired) electrons. The molecule has 0 saturated heterocycles. The van der Waals surface area contributed by atoms with E-state index in [1.54, 1.807) is 7.05 Å². The standard InChI is InChI=1S/C23H35NO2/c1-15(21(25)24-8)9-10-17(3)26-20-14-19-18(13-16(20)2)22(4,5)11-12-23(19,6)7/h9-10,13-14,21,24-25H,11-12H2,1-8H3/b15-9+,17-10+. The molecule has 0 heterocycles. The predicted octanol–water partition coefficient (Wildman–Crippen LogP) is 5.11. The van der Waals surface area contributed by atoms with Crippen molar-refractivity contribution in [2.75, 3.05) is 7.05 Å². The maximum atomic E-state index is 9.76. The minimum atomic E-state index is -0.632. The van der Waals surface area contributed by atoms with Gasteiger partial charge in [-0.25, -0.2) is 0 Å². The molecule has 3 nitrogen and oxygen atoms in total. The first-order chi connectivity index (χ1) is 12.0. The number of benzene rings is 1. The van der Waals surface area contributed by atoms with Crippen LogP contribution in [0.25, 0.3) is 0 Å². The van der Waals surface area contributed by atoms with Crippen molar-refractivity contribution < 1.29 is 9.84 Å². The van der Waals surface area contributed by atoms with Crippen molar-refractivity contribution in [2.45, 2.75) is 78.4 Å². The summed E-state index contributed by atoms with van der Waals surface area (Å²) in [5.74, 6) is 1.73. The van der Waals surface area contributed by atoms with E-state index in [0.29, 0.717) is 0 Å². The van der Waals surface area contributed by atoms with Gasteiger partial charge in [-0.05, 0) is 85.9 Å². The summed E-state index contributed by atoms with van der Waals surface area (Å²) < 4.78 is 6.15. The molecule has 1 aromatic rings. The third-order valence-corrected chi connectivity index (χ3v) is 5.70. The molecule has 144 valence electrons. The van der Waals surface area contributed by atoms with Crippen LogP contribution in [0.3, 0.4) is 0 Å². The van der Waals surface area contributed by atoms with Crippen LogP contribution < -0.4 is 10.1 Å². The topological polar surface area (TPSA) is 41.5 Å². The van der Waals surface area contributed by atoms with E-state index in [2.05, 4.69) is 52.1 Å². The molecule has 1 unspecified atom stereocenters. The van der Waals surface area contributed by atoms with E-state index in [0.717, 1.165) is 17.1 Å². The molecule has 1 aromatic carbocycles. The Bertz CT molecular complexity index is 726. The summed E-state index contributed by atoms with van der Waals surface area (Å²) in [5.41, 5.74) is 5.25. The van der Waals surface area contributed by atoms with Gasteiger partial charge in [0.15, 0.2) is 0 Å². The van der Waals surface area contributed by atoms with Crippen molar-refractivity contribution in [3.8, 4) is 5.75 Å². The van der Waals surface area contributed by atoms with Gasteiger partial charge in [-0.2, -0.15) is 0 Å². The Morgan fingerprint density at radius 1 is 1.08 bits per heavy atom. The lowest BCUT2D eigenvalue weighted by Gasteiger charge is -2.42. The van der Waals surface area contributed by atoms with Gasteiger partial charge in [-0.1, -0.05) is 39.8 Å². The van der Waals surface area contributed by atoms with E-state index in [1.165, 1.54) is 29.5 Å². The zero-order valence-electron chi connectivity index (χ0n) is 17.7. The Morgan fingerprint density at radius 3 is 2.15 bits per heavy atom. The van der Waals surface area contributed by atoms with Crippen LogP contribution in [-0.4, -0.2) is 18.4 Å². The maximum Gasteiger partial charge on any atom is 0.130 e. The normalized spacial score (nSPS) is 20.5. The minimum absolute atomic E-state index is 0.168. The fourth-order valence-corrected chi connectivity index (χ4v) is 3.59. The molecule has 0 aliphatic heterocycles. The number of fused-ring (bicyclic) bond motifs is 1. The van der Waals surface area contributed by atoms with Crippen LogP contribution in [0.4, 0.5) is 0 Å². The number of aryl methyl sites for hydroxylation is 1. The summed E-state index contributed by atoms with van der Waals surface area (Å²) in [6.45, 7) is 15.3. The molecular formula is C23H35NO2. The van der Waals surface area contributed by atoms with E-state index < -0.39 is 6.23 Å². The third kappa shape index (κ3) is 4.39. The molecule has 26 heavy (non-hydrogen) atoms. The third-order valence-electron chi connectivity index (χ3n) is 5.70. The molecule has 0 spiro atoms. The van der Waals surface area contributed by atoms with Crippen molar-refractivity contribution >= 4 is 0 Å². The fraction of sp³-hybridized carbons (Fsp3) is 0.565. The molecule has 1 aliphatic rings. The molecule has 2 N–H and O–H groups in total. The molecule has 0 bridgehead atoms. The van der Waals surface area contributed by atoms with E-state index >= 15 is 0 Å². The SMILES string of the molecule is CNC(O)/C(C)=C/C=C(\C)Oc1cc2c(cc1C)C(C)(C)CCC2(C)C. The van der Waals surface area contributed by atoms with Gasteiger partial charge >= 0.3 is 0 Å². The molecule has 0 saturated carbocycles. The summed E-state index contributed by atoms with van der Waals surface area (Å²) in [4.78, 5) is 0. The molecule has 0 fully saturated rings. The first kappa shape index (κ1) is 20.7. The number of allylic oxidation sites excluding steroid dienone is 3. The lowest BCUT2D eigenvalue weighted by atomic mass is 9.63. The monoisotopic (exact) mass is 357 g/mol. The number of likely N-dealkylation sites (N-methyl/N-ethyl adjacent to an activating group) is 1. The van der Waals surface area contributed by atoms with Crippen molar-refractivity contribution in [3.63, 3.8) is 0 Å². The maximum absolute atomic E-state index is 9.76. The largest absolute Gasteiger partial charge is 0.462 e. The van der Waals surface area contributed by atoms with Gasteiger partial charge in [0.2, 0.25) is 0 Å². The average Bonchev–Trinajstić information content (AvgIpc) is 2.57. The molecule has 1 atom stereocenters. The molecule has 3 heteroatoms. The lowest BCUT2D eigenvalue weighted by Crippen LogP contribution is -2.34. The van der Waals surface area contributed by atoms with Crippen LogP contribution in [-0.2, 0) is 10.8 Å². The van der Waals surface area contributed by atoms with Gasteiger partial charge < -0.3 is 9.84 Å². The zero-order valence-corrected chi connectivity index (χ0v) is 17.7. The predicted molar refractivity (Wildman–Crippen MR) is 110 cm³/mol. The summed E-state index contributed by atoms with van der Waals surface area (Å²) in [6, 6.07) is 4.55. The molecule has 0 amide bonds. The quantitative estimate of drug-likeness (QED) is 0.437. The Hall–Kier alpha value is -1.58. The second kappa shape index (κ2) is 7.58. The van der Waals surface area contributed by atoms with Crippen LogP contribution in [0.15, 0.2) is 35.6 Å². The molecule has 1 aliphatic carbocycles. The van der Waals surface area contributed by atoms with Gasteiger partial charge in [-0.3, -0.25) is 5.32 Å². The van der Waals surface area contributed by atoms with E-state index in [4.69, 9.17) is 4.74 Å². The zero-order chi connectivity index (χ0) is 19.7. The van der Waals surface area contributed by atoms with Crippen LogP contribution in [0.5, 0.6) is 5.75 Å². The summed E-state index contributed by atoms with van der Waals surface area (Å²) >= 11 is 0. The molecule has 2 rings (SSSR count). The number of hydrogen-bond acceptors (Lipinski definition) is 3. The van der Waals surface area contributed by atoms with Crippen LogP contribution >= 0.6 is 0 Å². The van der Waals surface area contributed by atoms with E-state index in [-0.39, 0.29) is 10.8 Å². The van der Waals surface area contributed by atoms with Gasteiger partial charge in [0, 0.05) is 0 Å². The number of nitrogens with one attached hydrogen (secondary N) is 1. The number of aliphatic hydroxyl groups is 1. The highest BCUT2D eigenvalue weighted by Crippen LogP contribution is 2.47. The van der Waals surface area contributed by atoms with Crippen molar-refractivity contribution in [1.82, 2.24) is 5.32 Å². The number of hydrogen-bond donors (Lipinski definition) is 2. The molecule has 0 aromatic heterocycles. The number of aliphatic hydroxyl groups excluding tert-OH is 1. The second-order valence-corrected chi connectivity index (χ2v) is 8.91. The highest BCUT2D eigenvalue weighted by molar-refractivity contribution is 5.50. The van der Waals surface area contributed by atoms with Crippen LogP contribution in [0, 0.1) is 6.92 Å². The van der Waals surface area contributed by atoms with Crippen molar-refractivity contribution in [2.24, 2.45) is 0 Å². The Morgan fingerprint density at radius 2 is 1.62 bits per heavy atom. The first-order valence-electron chi connectivity index (χ1n) is 9.52. The highest BCUT2D eigenvalue weighted by Gasteiger charge is 2.37.